The number of aldehydes is 1. The minimum atomic E-state index is -0.175. The van der Waals surface area contributed by atoms with Crippen LogP contribution in [0.2, 0.25) is 0 Å². The molecule has 0 rings (SSSR count). The third kappa shape index (κ3) is 9.60. The minimum Gasteiger partial charge on any atom is -0.303 e. The normalized spacial score (nSPS) is 10.1. The fraction of sp³-hybridized carbons (Fsp3) is 0.900. The predicted octanol–water partition coefficient (Wildman–Crippen LogP) is 3.28. The quantitative estimate of drug-likeness (QED) is 0.387. The van der Waals surface area contributed by atoms with E-state index in [1.54, 1.807) is 0 Å². The zero-order chi connectivity index (χ0) is 9.07. The molecule has 0 spiro atoms. The lowest BCUT2D eigenvalue weighted by molar-refractivity contribution is -0.107. The number of carbonyl (C=O) groups is 1. The second-order valence-electron chi connectivity index (χ2n) is 3.12. The molecule has 0 radical (unpaired) electrons. The molecular formula is C10H19FO. The molecule has 0 unspecified atom stereocenters. The molecule has 0 amide bonds. The number of hydrogen-bond donors (Lipinski definition) is 0. The molecule has 0 fully saturated rings. The fourth-order valence-electron chi connectivity index (χ4n) is 1.21. The second-order valence-corrected chi connectivity index (χ2v) is 3.12. The van der Waals surface area contributed by atoms with Crippen LogP contribution in [0.4, 0.5) is 4.39 Å². The largest absolute Gasteiger partial charge is 0.303 e. The number of hydrogen-bond acceptors (Lipinski definition) is 1. The molecule has 0 aromatic heterocycles. The van der Waals surface area contributed by atoms with Gasteiger partial charge >= 0.3 is 0 Å². The van der Waals surface area contributed by atoms with E-state index in [1.807, 2.05) is 0 Å². The summed E-state index contributed by atoms with van der Waals surface area (Å²) >= 11 is 0. The molecule has 2 heteroatoms. The highest BCUT2D eigenvalue weighted by molar-refractivity contribution is 5.48. The molecule has 0 aliphatic heterocycles. The van der Waals surface area contributed by atoms with Crippen LogP contribution >= 0.6 is 0 Å². The Kier molecular flexibility index (Phi) is 10.2. The lowest BCUT2D eigenvalue weighted by atomic mass is 10.1. The van der Waals surface area contributed by atoms with Crippen LogP contribution in [-0.2, 0) is 4.79 Å². The zero-order valence-electron chi connectivity index (χ0n) is 7.73. The standard InChI is InChI=1S/C10H19FO/c11-9-7-5-3-1-2-4-6-8-10-12/h10H,1-9H2. The molecular weight excluding hydrogens is 155 g/mol. The lowest BCUT2D eigenvalue weighted by Crippen LogP contribution is -1.82. The summed E-state index contributed by atoms with van der Waals surface area (Å²) in [4.78, 5) is 9.94. The zero-order valence-corrected chi connectivity index (χ0v) is 7.73. The average Bonchev–Trinajstić information content (AvgIpc) is 2.10. The molecule has 0 aliphatic carbocycles. The fourth-order valence-corrected chi connectivity index (χ4v) is 1.21. The third-order valence-electron chi connectivity index (χ3n) is 1.96. The number of alkyl halides is 1. The topological polar surface area (TPSA) is 17.1 Å². The van der Waals surface area contributed by atoms with Gasteiger partial charge in [-0.1, -0.05) is 32.1 Å². The van der Waals surface area contributed by atoms with Gasteiger partial charge in [-0.15, -0.1) is 0 Å². The maximum absolute atomic E-state index is 11.6. The van der Waals surface area contributed by atoms with Gasteiger partial charge in [-0.25, -0.2) is 0 Å². The van der Waals surface area contributed by atoms with E-state index in [9.17, 15) is 9.18 Å². The van der Waals surface area contributed by atoms with E-state index >= 15 is 0 Å². The Morgan fingerprint density at radius 3 is 1.83 bits per heavy atom. The molecule has 0 saturated carbocycles. The van der Waals surface area contributed by atoms with Gasteiger partial charge in [0.15, 0.2) is 0 Å². The van der Waals surface area contributed by atoms with Gasteiger partial charge in [-0.3, -0.25) is 4.39 Å². The Hall–Kier alpha value is -0.400. The Morgan fingerprint density at radius 2 is 1.33 bits per heavy atom. The Labute approximate surface area is 74.4 Å². The van der Waals surface area contributed by atoms with Crippen molar-refractivity contribution in [3.63, 3.8) is 0 Å². The molecule has 0 bridgehead atoms. The summed E-state index contributed by atoms with van der Waals surface area (Å²) in [6.07, 6.45) is 9.11. The highest BCUT2D eigenvalue weighted by atomic mass is 19.1. The maximum atomic E-state index is 11.6. The van der Waals surface area contributed by atoms with Gasteiger partial charge in [-0.2, -0.15) is 0 Å². The first-order chi connectivity index (χ1) is 5.91. The Bertz CT molecular complexity index is 93.8. The first-order valence-electron chi connectivity index (χ1n) is 4.91. The van der Waals surface area contributed by atoms with Crippen molar-refractivity contribution < 1.29 is 9.18 Å². The van der Waals surface area contributed by atoms with Crippen molar-refractivity contribution in [1.82, 2.24) is 0 Å². The molecule has 0 atom stereocenters. The Balaban J connectivity index is 2.77. The maximum Gasteiger partial charge on any atom is 0.119 e. The highest BCUT2D eigenvalue weighted by Crippen LogP contribution is 2.07. The van der Waals surface area contributed by atoms with Crippen LogP contribution in [0.5, 0.6) is 0 Å². The summed E-state index contributed by atoms with van der Waals surface area (Å²) in [5.41, 5.74) is 0. The number of rotatable bonds is 9. The van der Waals surface area contributed by atoms with Crippen molar-refractivity contribution >= 4 is 6.29 Å². The summed E-state index contributed by atoms with van der Waals surface area (Å²) in [6, 6.07) is 0. The van der Waals surface area contributed by atoms with Crippen LogP contribution in [-0.4, -0.2) is 13.0 Å². The average molecular weight is 174 g/mol. The van der Waals surface area contributed by atoms with E-state index in [0.29, 0.717) is 12.8 Å². The van der Waals surface area contributed by atoms with Crippen molar-refractivity contribution in [2.24, 2.45) is 0 Å². The van der Waals surface area contributed by atoms with Gasteiger partial charge in [-0.05, 0) is 12.8 Å². The minimum absolute atomic E-state index is 0.175. The van der Waals surface area contributed by atoms with Crippen molar-refractivity contribution in [1.29, 1.82) is 0 Å². The molecule has 72 valence electrons. The Morgan fingerprint density at radius 1 is 0.833 bits per heavy atom. The summed E-state index contributed by atoms with van der Waals surface area (Å²) < 4.78 is 11.6. The van der Waals surface area contributed by atoms with E-state index in [-0.39, 0.29) is 6.67 Å². The molecule has 0 aromatic rings. The van der Waals surface area contributed by atoms with E-state index in [4.69, 9.17) is 0 Å². The monoisotopic (exact) mass is 174 g/mol. The van der Waals surface area contributed by atoms with E-state index in [2.05, 4.69) is 0 Å². The predicted molar refractivity (Wildman–Crippen MR) is 49.0 cm³/mol. The number of unbranched alkanes of at least 4 members (excludes halogenated alkanes) is 7. The highest BCUT2D eigenvalue weighted by Gasteiger charge is 1.90. The number of carbonyl (C=O) groups excluding carboxylic acids is 1. The van der Waals surface area contributed by atoms with Crippen LogP contribution in [0.15, 0.2) is 0 Å². The van der Waals surface area contributed by atoms with Gasteiger partial charge in [0.25, 0.3) is 0 Å². The van der Waals surface area contributed by atoms with Gasteiger partial charge in [0.2, 0.25) is 0 Å². The molecule has 0 saturated heterocycles. The first-order valence-corrected chi connectivity index (χ1v) is 4.91. The van der Waals surface area contributed by atoms with Gasteiger partial charge < -0.3 is 4.79 Å². The van der Waals surface area contributed by atoms with Gasteiger partial charge in [0.05, 0.1) is 6.67 Å². The van der Waals surface area contributed by atoms with Gasteiger partial charge in [0.1, 0.15) is 6.29 Å². The molecule has 0 aromatic carbocycles. The van der Waals surface area contributed by atoms with E-state index < -0.39 is 0 Å². The third-order valence-corrected chi connectivity index (χ3v) is 1.96. The number of halogens is 1. The SMILES string of the molecule is O=CCCCCCCCCCF. The molecule has 0 N–H and O–H groups in total. The lowest BCUT2D eigenvalue weighted by Gasteiger charge is -1.98. The van der Waals surface area contributed by atoms with Crippen LogP contribution in [0.25, 0.3) is 0 Å². The van der Waals surface area contributed by atoms with E-state index in [0.717, 1.165) is 32.0 Å². The molecule has 1 nitrogen and oxygen atoms in total. The van der Waals surface area contributed by atoms with Crippen molar-refractivity contribution in [3.05, 3.63) is 0 Å². The van der Waals surface area contributed by atoms with Crippen LogP contribution in [0.1, 0.15) is 51.4 Å². The van der Waals surface area contributed by atoms with Crippen molar-refractivity contribution in [2.75, 3.05) is 6.67 Å². The summed E-state index contributed by atoms with van der Waals surface area (Å²) in [5.74, 6) is 0. The summed E-state index contributed by atoms with van der Waals surface area (Å²) in [6.45, 7) is -0.175. The summed E-state index contributed by atoms with van der Waals surface area (Å²) in [5, 5.41) is 0. The van der Waals surface area contributed by atoms with Crippen LogP contribution in [0, 0.1) is 0 Å². The molecule has 12 heavy (non-hydrogen) atoms. The second kappa shape index (κ2) is 10.6. The molecule has 0 heterocycles. The van der Waals surface area contributed by atoms with Crippen LogP contribution in [0.3, 0.4) is 0 Å². The van der Waals surface area contributed by atoms with E-state index in [1.165, 1.54) is 12.8 Å². The smallest absolute Gasteiger partial charge is 0.119 e. The van der Waals surface area contributed by atoms with Crippen molar-refractivity contribution in [3.8, 4) is 0 Å². The van der Waals surface area contributed by atoms with Crippen LogP contribution < -0.4 is 0 Å². The van der Waals surface area contributed by atoms with Gasteiger partial charge in [0, 0.05) is 6.42 Å². The summed E-state index contributed by atoms with van der Waals surface area (Å²) in [7, 11) is 0. The first kappa shape index (κ1) is 11.6. The molecule has 0 aliphatic rings. The van der Waals surface area contributed by atoms with Crippen molar-refractivity contribution in [2.45, 2.75) is 51.4 Å².